The summed E-state index contributed by atoms with van der Waals surface area (Å²) in [5.74, 6) is 0.720. The summed E-state index contributed by atoms with van der Waals surface area (Å²) < 4.78 is 39.0. The summed E-state index contributed by atoms with van der Waals surface area (Å²) in [5.41, 5.74) is 1.13. The second-order valence-electron chi connectivity index (χ2n) is 8.77. The van der Waals surface area contributed by atoms with Gasteiger partial charge in [0.05, 0.1) is 5.56 Å². The van der Waals surface area contributed by atoms with E-state index in [1.54, 1.807) is 18.5 Å². The number of hydrogen-bond donors (Lipinski definition) is 1. The lowest BCUT2D eigenvalue weighted by Gasteiger charge is -2.36. The maximum absolute atomic E-state index is 13.9. The fourth-order valence-corrected chi connectivity index (χ4v) is 4.63. The van der Waals surface area contributed by atoms with Crippen LogP contribution in [0.15, 0.2) is 48.9 Å². The minimum Gasteiger partial charge on any atom is -0.352 e. The van der Waals surface area contributed by atoms with Crippen LogP contribution in [0.1, 0.15) is 40.9 Å². The molecule has 3 heterocycles. The van der Waals surface area contributed by atoms with E-state index in [0.717, 1.165) is 37.1 Å². The molecule has 0 bridgehead atoms. The highest BCUT2D eigenvalue weighted by Gasteiger charge is 2.50. The van der Waals surface area contributed by atoms with Gasteiger partial charge >= 0.3 is 6.18 Å². The molecular formula is C24H23F3N6O. The number of hydrogen-bond acceptors (Lipinski definition) is 6. The highest BCUT2D eigenvalue weighted by atomic mass is 19.4. The third-order valence-corrected chi connectivity index (χ3v) is 6.40. The van der Waals surface area contributed by atoms with Gasteiger partial charge < -0.3 is 10.2 Å². The van der Waals surface area contributed by atoms with Crippen LogP contribution in [-0.4, -0.2) is 49.4 Å². The van der Waals surface area contributed by atoms with Crippen molar-refractivity contribution >= 4 is 11.9 Å². The highest BCUT2D eigenvalue weighted by molar-refractivity contribution is 6.01. The summed E-state index contributed by atoms with van der Waals surface area (Å²) in [6.45, 7) is 2.19. The van der Waals surface area contributed by atoms with Crippen LogP contribution in [0.4, 0.5) is 19.1 Å². The van der Waals surface area contributed by atoms with Crippen LogP contribution < -0.4 is 5.32 Å². The lowest BCUT2D eigenvalue weighted by atomic mass is 9.97. The van der Waals surface area contributed by atoms with Crippen molar-refractivity contribution in [1.82, 2.24) is 24.8 Å². The van der Waals surface area contributed by atoms with Gasteiger partial charge in [0, 0.05) is 42.8 Å². The van der Waals surface area contributed by atoms with Crippen molar-refractivity contribution in [3.63, 3.8) is 0 Å². The SMILES string of the molecule is Cc1ccc(-c2ncccn2)c(C(=O)N2C3C[C@H]3CC[C@H]2CNc2nccc(C(F)(F)F)n2)c1. The van der Waals surface area contributed by atoms with Crippen LogP contribution in [0.25, 0.3) is 11.4 Å². The van der Waals surface area contributed by atoms with Gasteiger partial charge in [0.2, 0.25) is 5.95 Å². The van der Waals surface area contributed by atoms with Gasteiger partial charge in [-0.25, -0.2) is 19.9 Å². The van der Waals surface area contributed by atoms with Crippen molar-refractivity contribution in [1.29, 1.82) is 0 Å². The molecule has 1 unspecified atom stereocenters. The number of nitrogens with zero attached hydrogens (tertiary/aromatic N) is 5. The van der Waals surface area contributed by atoms with E-state index >= 15 is 0 Å². The normalized spacial score (nSPS) is 21.6. The molecule has 1 saturated heterocycles. The molecule has 10 heteroatoms. The maximum Gasteiger partial charge on any atom is 0.433 e. The largest absolute Gasteiger partial charge is 0.433 e. The first kappa shape index (κ1) is 22.2. The van der Waals surface area contributed by atoms with Crippen molar-refractivity contribution in [2.24, 2.45) is 5.92 Å². The van der Waals surface area contributed by atoms with Gasteiger partial charge in [-0.05, 0) is 50.3 Å². The predicted octanol–water partition coefficient (Wildman–Crippen LogP) is 4.37. The highest BCUT2D eigenvalue weighted by Crippen LogP contribution is 2.46. The Morgan fingerprint density at radius 3 is 2.68 bits per heavy atom. The monoisotopic (exact) mass is 468 g/mol. The average molecular weight is 468 g/mol. The molecule has 2 aromatic heterocycles. The summed E-state index contributed by atoms with van der Waals surface area (Å²) in [7, 11) is 0. The summed E-state index contributed by atoms with van der Waals surface area (Å²) in [6, 6.07) is 8.11. The Bertz CT molecular complexity index is 1200. The van der Waals surface area contributed by atoms with E-state index in [1.807, 2.05) is 30.0 Å². The van der Waals surface area contributed by atoms with Gasteiger partial charge in [0.1, 0.15) is 5.69 Å². The zero-order chi connectivity index (χ0) is 23.9. The van der Waals surface area contributed by atoms with Crippen LogP contribution in [0.3, 0.4) is 0 Å². The lowest BCUT2D eigenvalue weighted by Crippen LogP contribution is -2.48. The van der Waals surface area contributed by atoms with Gasteiger partial charge in [0.15, 0.2) is 5.82 Å². The molecule has 7 nitrogen and oxygen atoms in total. The molecule has 1 amide bonds. The molecule has 34 heavy (non-hydrogen) atoms. The first-order valence-corrected chi connectivity index (χ1v) is 11.2. The number of halogens is 3. The molecule has 2 aliphatic rings. The van der Waals surface area contributed by atoms with Gasteiger partial charge in [-0.2, -0.15) is 13.2 Å². The first-order valence-electron chi connectivity index (χ1n) is 11.2. The number of aryl methyl sites for hydroxylation is 1. The summed E-state index contributed by atoms with van der Waals surface area (Å²) in [6.07, 6.45) is 2.47. The number of likely N-dealkylation sites (tertiary alicyclic amines) is 1. The van der Waals surface area contributed by atoms with E-state index in [4.69, 9.17) is 0 Å². The van der Waals surface area contributed by atoms with E-state index in [0.29, 0.717) is 22.9 Å². The van der Waals surface area contributed by atoms with Crippen LogP contribution in [0.5, 0.6) is 0 Å². The smallest absolute Gasteiger partial charge is 0.352 e. The van der Waals surface area contributed by atoms with Crippen molar-refractivity contribution < 1.29 is 18.0 Å². The fraction of sp³-hybridized carbons (Fsp3) is 0.375. The Morgan fingerprint density at radius 1 is 1.12 bits per heavy atom. The summed E-state index contributed by atoms with van der Waals surface area (Å²) in [4.78, 5) is 31.9. The van der Waals surface area contributed by atoms with E-state index < -0.39 is 11.9 Å². The molecule has 176 valence electrons. The van der Waals surface area contributed by atoms with Crippen molar-refractivity contribution in [3.8, 4) is 11.4 Å². The van der Waals surface area contributed by atoms with Crippen LogP contribution in [-0.2, 0) is 6.18 Å². The quantitative estimate of drug-likeness (QED) is 0.599. The number of fused-ring (bicyclic) bond motifs is 1. The number of alkyl halides is 3. The number of carbonyl (C=O) groups is 1. The molecule has 0 radical (unpaired) electrons. The zero-order valence-corrected chi connectivity index (χ0v) is 18.5. The molecule has 3 aromatic rings. The number of amides is 1. The van der Waals surface area contributed by atoms with Crippen LogP contribution in [0, 0.1) is 12.8 Å². The average Bonchev–Trinajstić information content (AvgIpc) is 3.62. The molecule has 1 aliphatic carbocycles. The van der Waals surface area contributed by atoms with E-state index in [1.165, 1.54) is 0 Å². The lowest BCUT2D eigenvalue weighted by molar-refractivity contribution is -0.141. The molecule has 2 fully saturated rings. The fourth-order valence-electron chi connectivity index (χ4n) is 4.63. The van der Waals surface area contributed by atoms with E-state index in [-0.39, 0.29) is 30.5 Å². The number of aromatic nitrogens is 4. The van der Waals surface area contributed by atoms with E-state index in [2.05, 4.69) is 25.3 Å². The molecule has 1 N–H and O–H groups in total. The minimum atomic E-state index is -4.55. The van der Waals surface area contributed by atoms with Gasteiger partial charge in [-0.3, -0.25) is 4.79 Å². The summed E-state index contributed by atoms with van der Waals surface area (Å²) in [5, 5.41) is 2.92. The third-order valence-electron chi connectivity index (χ3n) is 6.40. The van der Waals surface area contributed by atoms with Crippen molar-refractivity contribution in [2.75, 3.05) is 11.9 Å². The number of carbonyl (C=O) groups excluding carboxylic acids is 1. The third kappa shape index (κ3) is 4.44. The Morgan fingerprint density at radius 2 is 1.91 bits per heavy atom. The zero-order valence-electron chi connectivity index (χ0n) is 18.5. The Kier molecular flexibility index (Phi) is 5.66. The Labute approximate surface area is 194 Å². The van der Waals surface area contributed by atoms with Crippen molar-refractivity contribution in [2.45, 2.75) is 44.4 Å². The predicted molar refractivity (Wildman–Crippen MR) is 119 cm³/mol. The Balaban J connectivity index is 1.41. The topological polar surface area (TPSA) is 83.9 Å². The van der Waals surface area contributed by atoms with E-state index in [9.17, 15) is 18.0 Å². The minimum absolute atomic E-state index is 0.103. The molecule has 3 atom stereocenters. The molecule has 5 rings (SSSR count). The second-order valence-corrected chi connectivity index (χ2v) is 8.77. The van der Waals surface area contributed by atoms with Gasteiger partial charge in [0.25, 0.3) is 5.91 Å². The number of nitrogens with one attached hydrogen (secondary N) is 1. The molecule has 1 aliphatic heterocycles. The van der Waals surface area contributed by atoms with Crippen LogP contribution >= 0.6 is 0 Å². The number of benzene rings is 1. The molecular weight excluding hydrogens is 445 g/mol. The number of piperidine rings is 1. The standard InChI is InChI=1S/C24H23F3N6O/c1-14-3-6-17(21-28-8-2-9-29-21)18(11-14)22(34)33-16(5-4-15-12-19(15)33)13-31-23-30-10-7-20(32-23)24(25,26)27/h2-3,6-11,15-16,19H,4-5,12-13H2,1H3,(H,30,31,32)/t15-,16+,19?/m1/s1. The second kappa shape index (κ2) is 8.66. The summed E-state index contributed by atoms with van der Waals surface area (Å²) >= 11 is 0. The molecule has 0 spiro atoms. The Hall–Kier alpha value is -3.56. The van der Waals surface area contributed by atoms with Crippen LogP contribution in [0.2, 0.25) is 0 Å². The van der Waals surface area contributed by atoms with Crippen molar-refractivity contribution in [3.05, 3.63) is 65.7 Å². The molecule has 1 saturated carbocycles. The van der Waals surface area contributed by atoms with Gasteiger partial charge in [-0.1, -0.05) is 17.7 Å². The molecule has 1 aromatic carbocycles. The number of rotatable bonds is 5. The first-order chi connectivity index (χ1) is 16.3. The van der Waals surface area contributed by atoms with Gasteiger partial charge in [-0.15, -0.1) is 0 Å². The number of anilines is 1. The maximum atomic E-state index is 13.9.